The number of Topliss-reactive ketones (excluding diaryl/α,β-unsaturated/α-hetero) is 1. The minimum absolute atomic E-state index is 0.0597. The van der Waals surface area contributed by atoms with Crippen LogP contribution in [0, 0.1) is 0 Å². The zero-order valence-electron chi connectivity index (χ0n) is 13.5. The van der Waals surface area contributed by atoms with Gasteiger partial charge in [-0.1, -0.05) is 0 Å². The number of amides is 2. The number of H-pyrrole nitrogens is 1. The van der Waals surface area contributed by atoms with Gasteiger partial charge < -0.3 is 20.4 Å². The number of nitrogens with one attached hydrogen (secondary N) is 3. The van der Waals surface area contributed by atoms with Gasteiger partial charge >= 0.3 is 0 Å². The zero-order valence-corrected chi connectivity index (χ0v) is 13.5. The number of anilines is 1. The standard InChI is InChI=1S/C17H19N3O4/c1-3-18-16(22)10-24-14-6-4-13(5-7-14)20-17(23)15-8-12(9-19-15)11(2)21/h4-9,19H,3,10H2,1-2H3,(H,18,22)(H,20,23). The lowest BCUT2D eigenvalue weighted by Gasteiger charge is -2.08. The molecule has 0 atom stereocenters. The highest BCUT2D eigenvalue weighted by atomic mass is 16.5. The van der Waals surface area contributed by atoms with Crippen molar-refractivity contribution in [1.29, 1.82) is 0 Å². The molecule has 1 aromatic heterocycles. The van der Waals surface area contributed by atoms with Crippen LogP contribution in [0.1, 0.15) is 34.7 Å². The van der Waals surface area contributed by atoms with Crippen molar-refractivity contribution < 1.29 is 19.1 Å². The van der Waals surface area contributed by atoms with Gasteiger partial charge in [-0.3, -0.25) is 14.4 Å². The number of carbonyl (C=O) groups is 3. The normalized spacial score (nSPS) is 10.1. The molecule has 24 heavy (non-hydrogen) atoms. The van der Waals surface area contributed by atoms with Crippen LogP contribution in [0.2, 0.25) is 0 Å². The monoisotopic (exact) mass is 329 g/mol. The Labute approximate surface area is 139 Å². The molecule has 0 fully saturated rings. The first-order chi connectivity index (χ1) is 11.5. The highest BCUT2D eigenvalue weighted by Gasteiger charge is 2.11. The Morgan fingerprint density at radius 3 is 2.46 bits per heavy atom. The molecule has 7 nitrogen and oxygen atoms in total. The summed E-state index contributed by atoms with van der Waals surface area (Å²) in [5.74, 6) is -0.127. The Hall–Kier alpha value is -3.09. The van der Waals surface area contributed by atoms with Crippen LogP contribution in [0.15, 0.2) is 36.5 Å². The fraction of sp³-hybridized carbons (Fsp3) is 0.235. The van der Waals surface area contributed by atoms with Crippen molar-refractivity contribution in [2.75, 3.05) is 18.5 Å². The topological polar surface area (TPSA) is 100 Å². The molecule has 1 aromatic carbocycles. The molecule has 0 saturated heterocycles. The number of ether oxygens (including phenoxy) is 1. The van der Waals surface area contributed by atoms with E-state index < -0.39 is 0 Å². The van der Waals surface area contributed by atoms with Crippen LogP contribution in [-0.2, 0) is 4.79 Å². The van der Waals surface area contributed by atoms with Crippen LogP contribution in [0.5, 0.6) is 5.75 Å². The number of hydrogen-bond acceptors (Lipinski definition) is 4. The Morgan fingerprint density at radius 1 is 1.17 bits per heavy atom. The van der Waals surface area contributed by atoms with Crippen molar-refractivity contribution in [1.82, 2.24) is 10.3 Å². The summed E-state index contributed by atoms with van der Waals surface area (Å²) in [6.45, 7) is 3.76. The number of benzene rings is 1. The second kappa shape index (κ2) is 7.96. The Morgan fingerprint density at radius 2 is 1.88 bits per heavy atom. The second-order valence-corrected chi connectivity index (χ2v) is 5.08. The van der Waals surface area contributed by atoms with Crippen molar-refractivity contribution in [2.45, 2.75) is 13.8 Å². The molecule has 0 unspecified atom stereocenters. The number of aromatic amines is 1. The maximum atomic E-state index is 12.1. The molecule has 0 bridgehead atoms. The summed E-state index contributed by atoms with van der Waals surface area (Å²) in [5.41, 5.74) is 1.33. The van der Waals surface area contributed by atoms with Crippen molar-refractivity contribution in [2.24, 2.45) is 0 Å². The lowest BCUT2D eigenvalue weighted by Crippen LogP contribution is -2.28. The van der Waals surface area contributed by atoms with Crippen molar-refractivity contribution in [3.63, 3.8) is 0 Å². The van der Waals surface area contributed by atoms with Gasteiger partial charge in [0.2, 0.25) is 0 Å². The molecular formula is C17H19N3O4. The van der Waals surface area contributed by atoms with E-state index in [0.717, 1.165) is 0 Å². The molecule has 2 amide bonds. The highest BCUT2D eigenvalue weighted by Crippen LogP contribution is 2.16. The molecule has 0 aliphatic rings. The van der Waals surface area contributed by atoms with Crippen LogP contribution in [0.25, 0.3) is 0 Å². The van der Waals surface area contributed by atoms with Gasteiger partial charge in [-0.05, 0) is 44.2 Å². The van der Waals surface area contributed by atoms with E-state index in [1.165, 1.54) is 19.2 Å². The summed E-state index contributed by atoms with van der Waals surface area (Å²) in [4.78, 5) is 37.4. The molecule has 0 saturated carbocycles. The fourth-order valence-corrected chi connectivity index (χ4v) is 1.96. The van der Waals surface area contributed by atoms with Gasteiger partial charge in [0.05, 0.1) is 0 Å². The lowest BCUT2D eigenvalue weighted by molar-refractivity contribution is -0.122. The van der Waals surface area contributed by atoms with Crippen molar-refractivity contribution in [3.05, 3.63) is 47.8 Å². The number of aromatic nitrogens is 1. The maximum Gasteiger partial charge on any atom is 0.272 e. The van der Waals surface area contributed by atoms with Crippen molar-refractivity contribution in [3.8, 4) is 5.75 Å². The largest absolute Gasteiger partial charge is 0.484 e. The van der Waals surface area contributed by atoms with E-state index in [0.29, 0.717) is 29.2 Å². The van der Waals surface area contributed by atoms with Crippen molar-refractivity contribution >= 4 is 23.3 Å². The molecule has 7 heteroatoms. The predicted octanol–water partition coefficient (Wildman–Crippen LogP) is 1.98. The number of ketones is 1. The third kappa shape index (κ3) is 4.70. The van der Waals surface area contributed by atoms with E-state index in [-0.39, 0.29) is 24.2 Å². The van der Waals surface area contributed by atoms with Gasteiger partial charge in [0.15, 0.2) is 12.4 Å². The van der Waals surface area contributed by atoms with Gasteiger partial charge in [-0.15, -0.1) is 0 Å². The van der Waals surface area contributed by atoms with Gasteiger partial charge in [-0.2, -0.15) is 0 Å². The number of hydrogen-bond donors (Lipinski definition) is 3. The first-order valence-electron chi connectivity index (χ1n) is 7.50. The van der Waals surface area contributed by atoms with Crippen LogP contribution in [-0.4, -0.2) is 35.7 Å². The van der Waals surface area contributed by atoms with Crippen LogP contribution >= 0.6 is 0 Å². The quantitative estimate of drug-likeness (QED) is 0.676. The summed E-state index contributed by atoms with van der Waals surface area (Å²) in [6, 6.07) is 8.15. The Kier molecular flexibility index (Phi) is 5.73. The van der Waals surface area contributed by atoms with E-state index in [9.17, 15) is 14.4 Å². The van der Waals surface area contributed by atoms with Gasteiger partial charge in [0.25, 0.3) is 11.8 Å². The summed E-state index contributed by atoms with van der Waals surface area (Å²) >= 11 is 0. The maximum absolute atomic E-state index is 12.1. The van der Waals surface area contributed by atoms with Gasteiger partial charge in [-0.25, -0.2) is 0 Å². The van der Waals surface area contributed by atoms with E-state index in [4.69, 9.17) is 4.74 Å². The van der Waals surface area contributed by atoms with E-state index in [2.05, 4.69) is 15.6 Å². The molecule has 2 aromatic rings. The van der Waals surface area contributed by atoms with Gasteiger partial charge in [0, 0.05) is 24.0 Å². The zero-order chi connectivity index (χ0) is 17.5. The number of likely N-dealkylation sites (N-methyl/N-ethyl adjacent to an activating group) is 1. The summed E-state index contributed by atoms with van der Waals surface area (Å²) in [7, 11) is 0. The van der Waals surface area contributed by atoms with E-state index in [1.54, 1.807) is 24.3 Å². The third-order valence-corrected chi connectivity index (χ3v) is 3.19. The molecule has 0 aliphatic heterocycles. The first-order valence-corrected chi connectivity index (χ1v) is 7.50. The van der Waals surface area contributed by atoms with E-state index >= 15 is 0 Å². The molecule has 0 spiro atoms. The van der Waals surface area contributed by atoms with Crippen LogP contribution in [0.3, 0.4) is 0 Å². The minimum atomic E-state index is -0.349. The SMILES string of the molecule is CCNC(=O)COc1ccc(NC(=O)c2cc(C(C)=O)c[nH]2)cc1. The molecule has 1 heterocycles. The highest BCUT2D eigenvalue weighted by molar-refractivity contribution is 6.05. The second-order valence-electron chi connectivity index (χ2n) is 5.08. The van der Waals surface area contributed by atoms with Crippen LogP contribution in [0.4, 0.5) is 5.69 Å². The predicted molar refractivity (Wildman–Crippen MR) is 89.4 cm³/mol. The fourth-order valence-electron chi connectivity index (χ4n) is 1.96. The third-order valence-electron chi connectivity index (χ3n) is 3.19. The molecule has 0 aliphatic carbocycles. The summed E-state index contributed by atoms with van der Waals surface area (Å²) in [6.07, 6.45) is 1.50. The smallest absolute Gasteiger partial charge is 0.272 e. The van der Waals surface area contributed by atoms with Crippen LogP contribution < -0.4 is 15.4 Å². The number of rotatable bonds is 7. The summed E-state index contributed by atoms with van der Waals surface area (Å²) in [5, 5.41) is 5.34. The van der Waals surface area contributed by atoms with E-state index in [1.807, 2.05) is 6.92 Å². The van der Waals surface area contributed by atoms with Gasteiger partial charge in [0.1, 0.15) is 11.4 Å². The first kappa shape index (κ1) is 17.3. The molecular weight excluding hydrogens is 310 g/mol. The Bertz CT molecular complexity index is 735. The molecule has 0 radical (unpaired) electrons. The average molecular weight is 329 g/mol. The lowest BCUT2D eigenvalue weighted by atomic mass is 10.2. The summed E-state index contributed by atoms with van der Waals surface area (Å²) < 4.78 is 5.33. The molecule has 3 N–H and O–H groups in total. The Balaban J connectivity index is 1.92. The average Bonchev–Trinajstić information content (AvgIpc) is 3.05. The number of carbonyl (C=O) groups excluding carboxylic acids is 3. The minimum Gasteiger partial charge on any atom is -0.484 e. The molecule has 2 rings (SSSR count). The molecule has 126 valence electrons.